The molecule has 1 aliphatic rings. The predicted octanol–water partition coefficient (Wildman–Crippen LogP) is 1.42. The van der Waals surface area contributed by atoms with Crippen molar-refractivity contribution in [3.8, 4) is 0 Å². The number of carbonyl (C=O) groups is 1. The molecule has 1 atom stereocenters. The number of rotatable bonds is 3. The number of carbonyl (C=O) groups excluding carboxylic acids is 1. The smallest absolute Gasteiger partial charge is 0.164 e. The van der Waals surface area contributed by atoms with Crippen LogP contribution in [0.4, 0.5) is 0 Å². The molecule has 1 N–H and O–H groups in total. The standard InChI is InChI=1S/C11H16N2O2/c1-8(14)10-7-13-15-11(10)5-9-3-2-4-12-6-9/h7,9,12H,2-6H2,1H3. The maximum absolute atomic E-state index is 11.3. The summed E-state index contributed by atoms with van der Waals surface area (Å²) in [6.07, 6.45) is 4.75. The van der Waals surface area contributed by atoms with E-state index in [-0.39, 0.29) is 5.78 Å². The summed E-state index contributed by atoms with van der Waals surface area (Å²) in [6.45, 7) is 3.67. The maximum Gasteiger partial charge on any atom is 0.164 e. The average Bonchev–Trinajstić information content (AvgIpc) is 2.67. The van der Waals surface area contributed by atoms with Gasteiger partial charge in [0.2, 0.25) is 0 Å². The Labute approximate surface area is 89.0 Å². The summed E-state index contributed by atoms with van der Waals surface area (Å²) in [5, 5.41) is 7.04. The average molecular weight is 208 g/mol. The van der Waals surface area contributed by atoms with E-state index in [0.717, 1.165) is 25.3 Å². The topological polar surface area (TPSA) is 55.1 Å². The largest absolute Gasteiger partial charge is 0.361 e. The van der Waals surface area contributed by atoms with E-state index in [9.17, 15) is 4.79 Å². The van der Waals surface area contributed by atoms with E-state index in [1.54, 1.807) is 6.92 Å². The molecule has 4 heteroatoms. The number of Topliss-reactive ketones (excluding diaryl/α,β-unsaturated/α-hetero) is 1. The van der Waals surface area contributed by atoms with Crippen molar-refractivity contribution < 1.29 is 9.32 Å². The van der Waals surface area contributed by atoms with Crippen LogP contribution in [0.2, 0.25) is 0 Å². The van der Waals surface area contributed by atoms with Gasteiger partial charge >= 0.3 is 0 Å². The number of nitrogens with one attached hydrogen (secondary N) is 1. The second kappa shape index (κ2) is 4.57. The zero-order valence-electron chi connectivity index (χ0n) is 8.95. The lowest BCUT2D eigenvalue weighted by Gasteiger charge is -2.21. The van der Waals surface area contributed by atoms with Crippen LogP contribution in [0.15, 0.2) is 10.7 Å². The lowest BCUT2D eigenvalue weighted by atomic mass is 9.93. The third kappa shape index (κ3) is 2.45. The van der Waals surface area contributed by atoms with E-state index < -0.39 is 0 Å². The van der Waals surface area contributed by atoms with Gasteiger partial charge in [0.25, 0.3) is 0 Å². The fourth-order valence-electron chi connectivity index (χ4n) is 2.06. The summed E-state index contributed by atoms with van der Waals surface area (Å²) in [6, 6.07) is 0. The van der Waals surface area contributed by atoms with Crippen molar-refractivity contribution in [3.05, 3.63) is 17.5 Å². The van der Waals surface area contributed by atoms with Gasteiger partial charge in [-0.3, -0.25) is 4.79 Å². The molecule has 15 heavy (non-hydrogen) atoms. The molecule has 1 aromatic rings. The van der Waals surface area contributed by atoms with Crippen LogP contribution in [0.5, 0.6) is 0 Å². The van der Waals surface area contributed by atoms with E-state index in [0.29, 0.717) is 11.5 Å². The van der Waals surface area contributed by atoms with Gasteiger partial charge in [-0.05, 0) is 38.8 Å². The molecular weight excluding hydrogens is 192 g/mol. The number of hydrogen-bond acceptors (Lipinski definition) is 4. The SMILES string of the molecule is CC(=O)c1cnoc1CC1CCCNC1. The van der Waals surface area contributed by atoms with Crippen LogP contribution in [0.25, 0.3) is 0 Å². The molecule has 1 unspecified atom stereocenters. The molecule has 1 saturated heterocycles. The van der Waals surface area contributed by atoms with Crippen LogP contribution < -0.4 is 5.32 Å². The van der Waals surface area contributed by atoms with Crippen molar-refractivity contribution >= 4 is 5.78 Å². The molecule has 82 valence electrons. The lowest BCUT2D eigenvalue weighted by molar-refractivity contribution is 0.101. The van der Waals surface area contributed by atoms with E-state index in [1.807, 2.05) is 0 Å². The van der Waals surface area contributed by atoms with Crippen molar-refractivity contribution in [2.24, 2.45) is 5.92 Å². The summed E-state index contributed by atoms with van der Waals surface area (Å²) >= 11 is 0. The Kier molecular flexibility index (Phi) is 3.16. The summed E-state index contributed by atoms with van der Waals surface area (Å²) in [7, 11) is 0. The Morgan fingerprint density at radius 1 is 1.73 bits per heavy atom. The Morgan fingerprint density at radius 3 is 3.27 bits per heavy atom. The highest BCUT2D eigenvalue weighted by Gasteiger charge is 2.19. The number of ketones is 1. The molecular formula is C11H16N2O2. The number of piperidine rings is 1. The van der Waals surface area contributed by atoms with Crippen molar-refractivity contribution in [2.75, 3.05) is 13.1 Å². The Morgan fingerprint density at radius 2 is 2.60 bits per heavy atom. The molecule has 4 nitrogen and oxygen atoms in total. The molecule has 0 bridgehead atoms. The number of hydrogen-bond donors (Lipinski definition) is 1. The molecule has 0 aliphatic carbocycles. The van der Waals surface area contributed by atoms with Gasteiger partial charge in [-0.25, -0.2) is 0 Å². The molecule has 2 heterocycles. The van der Waals surface area contributed by atoms with Crippen LogP contribution in [0, 0.1) is 5.92 Å². The third-order valence-corrected chi connectivity index (χ3v) is 2.90. The normalized spacial score (nSPS) is 21.5. The van der Waals surface area contributed by atoms with Crippen molar-refractivity contribution in [2.45, 2.75) is 26.2 Å². The molecule has 0 aromatic carbocycles. The summed E-state index contributed by atoms with van der Waals surface area (Å²) in [5.41, 5.74) is 0.639. The van der Waals surface area contributed by atoms with Crippen LogP contribution in [0.1, 0.15) is 35.9 Å². The first-order valence-electron chi connectivity index (χ1n) is 5.42. The minimum atomic E-state index is 0.0371. The summed E-state index contributed by atoms with van der Waals surface area (Å²) in [4.78, 5) is 11.3. The second-order valence-corrected chi connectivity index (χ2v) is 4.14. The van der Waals surface area contributed by atoms with Gasteiger partial charge in [0, 0.05) is 6.42 Å². The van der Waals surface area contributed by atoms with Crippen LogP contribution >= 0.6 is 0 Å². The molecule has 0 amide bonds. The molecule has 1 fully saturated rings. The van der Waals surface area contributed by atoms with Gasteiger partial charge < -0.3 is 9.84 Å². The zero-order valence-corrected chi connectivity index (χ0v) is 8.95. The Bertz CT molecular complexity index is 340. The summed E-state index contributed by atoms with van der Waals surface area (Å²) < 4.78 is 5.13. The van der Waals surface area contributed by atoms with E-state index in [1.165, 1.54) is 19.0 Å². The van der Waals surface area contributed by atoms with Crippen LogP contribution in [-0.2, 0) is 6.42 Å². The van der Waals surface area contributed by atoms with Gasteiger partial charge in [0.1, 0.15) is 5.76 Å². The lowest BCUT2D eigenvalue weighted by Crippen LogP contribution is -2.31. The summed E-state index contributed by atoms with van der Waals surface area (Å²) in [5.74, 6) is 1.36. The molecule has 0 saturated carbocycles. The molecule has 1 aliphatic heterocycles. The van der Waals surface area contributed by atoms with Gasteiger partial charge in [-0.1, -0.05) is 5.16 Å². The highest BCUT2D eigenvalue weighted by molar-refractivity contribution is 5.94. The maximum atomic E-state index is 11.3. The monoisotopic (exact) mass is 208 g/mol. The molecule has 2 rings (SSSR count). The van der Waals surface area contributed by atoms with Gasteiger partial charge in [-0.15, -0.1) is 0 Å². The molecule has 0 spiro atoms. The molecule has 0 radical (unpaired) electrons. The Balaban J connectivity index is 2.03. The quantitative estimate of drug-likeness (QED) is 0.763. The highest BCUT2D eigenvalue weighted by atomic mass is 16.5. The number of aromatic nitrogens is 1. The minimum absolute atomic E-state index is 0.0371. The van der Waals surface area contributed by atoms with Gasteiger partial charge in [-0.2, -0.15) is 0 Å². The number of nitrogens with zero attached hydrogens (tertiary/aromatic N) is 1. The van der Waals surface area contributed by atoms with Crippen molar-refractivity contribution in [1.82, 2.24) is 10.5 Å². The highest BCUT2D eigenvalue weighted by Crippen LogP contribution is 2.19. The first-order valence-corrected chi connectivity index (χ1v) is 5.42. The van der Waals surface area contributed by atoms with E-state index in [4.69, 9.17) is 4.52 Å². The Hall–Kier alpha value is -1.16. The molecule has 1 aromatic heterocycles. The van der Waals surface area contributed by atoms with Crippen LogP contribution in [0.3, 0.4) is 0 Å². The zero-order chi connectivity index (χ0) is 10.7. The van der Waals surface area contributed by atoms with Gasteiger partial charge in [0.15, 0.2) is 5.78 Å². The minimum Gasteiger partial charge on any atom is -0.361 e. The fourth-order valence-corrected chi connectivity index (χ4v) is 2.06. The van der Waals surface area contributed by atoms with E-state index in [2.05, 4.69) is 10.5 Å². The fraction of sp³-hybridized carbons (Fsp3) is 0.636. The second-order valence-electron chi connectivity index (χ2n) is 4.14. The third-order valence-electron chi connectivity index (χ3n) is 2.90. The van der Waals surface area contributed by atoms with Gasteiger partial charge in [0.05, 0.1) is 11.8 Å². The first kappa shape index (κ1) is 10.4. The van der Waals surface area contributed by atoms with Crippen molar-refractivity contribution in [3.63, 3.8) is 0 Å². The van der Waals surface area contributed by atoms with E-state index >= 15 is 0 Å². The van der Waals surface area contributed by atoms with Crippen molar-refractivity contribution in [1.29, 1.82) is 0 Å². The first-order chi connectivity index (χ1) is 7.27. The van der Waals surface area contributed by atoms with Crippen LogP contribution in [-0.4, -0.2) is 24.0 Å². The predicted molar refractivity (Wildman–Crippen MR) is 55.8 cm³/mol.